The van der Waals surface area contributed by atoms with Crippen molar-refractivity contribution in [2.75, 3.05) is 23.0 Å². The molecule has 2 aromatic heterocycles. The molecule has 0 bridgehead atoms. The second kappa shape index (κ2) is 7.30. The molecule has 8 nitrogen and oxygen atoms in total. The van der Waals surface area contributed by atoms with Crippen molar-refractivity contribution in [2.45, 2.75) is 32.2 Å². The minimum Gasteiger partial charge on any atom is -0.398 e. The van der Waals surface area contributed by atoms with Gasteiger partial charge in [-0.15, -0.1) is 0 Å². The third-order valence-corrected chi connectivity index (χ3v) is 4.82. The highest BCUT2D eigenvalue weighted by Gasteiger charge is 2.25. The van der Waals surface area contributed by atoms with Gasteiger partial charge in [-0.05, 0) is 37.5 Å². The van der Waals surface area contributed by atoms with E-state index >= 15 is 0 Å². The van der Waals surface area contributed by atoms with Gasteiger partial charge in [-0.1, -0.05) is 12.1 Å². The first-order valence-corrected chi connectivity index (χ1v) is 9.30. The maximum atomic E-state index is 8.01. The van der Waals surface area contributed by atoms with Gasteiger partial charge in [0.25, 0.3) is 0 Å². The lowest BCUT2D eigenvalue weighted by atomic mass is 10.0. The highest BCUT2D eigenvalue weighted by molar-refractivity contribution is 6.02. The number of nitrogens with two attached hydrogens (primary N) is 1. The smallest absolute Gasteiger partial charge is 0.227 e. The third kappa shape index (κ3) is 3.80. The molecule has 0 unspecified atom stereocenters. The first-order chi connectivity index (χ1) is 13.5. The van der Waals surface area contributed by atoms with Crippen LogP contribution in [0.3, 0.4) is 0 Å². The maximum Gasteiger partial charge on any atom is 0.227 e. The minimum absolute atomic E-state index is 0.447. The van der Waals surface area contributed by atoms with E-state index < -0.39 is 0 Å². The molecule has 0 atom stereocenters. The Morgan fingerprint density at radius 1 is 1.32 bits per heavy atom. The van der Waals surface area contributed by atoms with Crippen LogP contribution in [0.5, 0.6) is 0 Å². The van der Waals surface area contributed by atoms with Crippen molar-refractivity contribution in [3.8, 4) is 0 Å². The molecule has 28 heavy (non-hydrogen) atoms. The van der Waals surface area contributed by atoms with Crippen molar-refractivity contribution >= 4 is 29.0 Å². The number of anilines is 4. The van der Waals surface area contributed by atoms with E-state index in [1.165, 1.54) is 18.5 Å². The molecule has 1 fully saturated rings. The molecule has 8 heteroatoms. The second-order valence-electron chi connectivity index (χ2n) is 7.21. The molecule has 4 rings (SSSR count). The fourth-order valence-corrected chi connectivity index (χ4v) is 3.27. The van der Waals surface area contributed by atoms with Crippen LogP contribution in [0.1, 0.15) is 42.5 Å². The SMILES string of the molecule is CC(=N)c1c(N)cccc1CN(C)c1nccc(Nc2cc(C3CC3)[nH]n2)n1. The van der Waals surface area contributed by atoms with Gasteiger partial charge in [0.2, 0.25) is 5.95 Å². The van der Waals surface area contributed by atoms with Crippen LogP contribution in [0.15, 0.2) is 36.5 Å². The number of H-pyrrole nitrogens is 1. The van der Waals surface area contributed by atoms with Crippen molar-refractivity contribution in [3.63, 3.8) is 0 Å². The van der Waals surface area contributed by atoms with Crippen molar-refractivity contribution < 1.29 is 0 Å². The molecule has 0 amide bonds. The van der Waals surface area contributed by atoms with E-state index in [0.29, 0.717) is 35.6 Å². The normalized spacial score (nSPS) is 13.4. The van der Waals surface area contributed by atoms with Crippen molar-refractivity contribution in [3.05, 3.63) is 53.3 Å². The number of rotatable bonds is 7. The third-order valence-electron chi connectivity index (χ3n) is 4.82. The number of nitrogens with one attached hydrogen (secondary N) is 3. The molecule has 0 radical (unpaired) electrons. The average Bonchev–Trinajstić information content (AvgIpc) is 3.41. The quantitative estimate of drug-likeness (QED) is 0.370. The van der Waals surface area contributed by atoms with Gasteiger partial charge in [0.05, 0.1) is 0 Å². The fourth-order valence-electron chi connectivity index (χ4n) is 3.27. The number of aromatic amines is 1. The van der Waals surface area contributed by atoms with Crippen molar-refractivity contribution in [1.29, 1.82) is 5.41 Å². The van der Waals surface area contributed by atoms with E-state index in [1.54, 1.807) is 13.1 Å². The van der Waals surface area contributed by atoms with E-state index in [-0.39, 0.29) is 0 Å². The summed E-state index contributed by atoms with van der Waals surface area (Å²) in [5, 5.41) is 18.6. The predicted molar refractivity (Wildman–Crippen MR) is 111 cm³/mol. The topological polar surface area (TPSA) is 120 Å². The van der Waals surface area contributed by atoms with E-state index in [0.717, 1.165) is 16.9 Å². The summed E-state index contributed by atoms with van der Waals surface area (Å²) in [6.45, 7) is 2.30. The Bertz CT molecular complexity index is 1000. The zero-order chi connectivity index (χ0) is 19.7. The molecule has 1 aliphatic rings. The van der Waals surface area contributed by atoms with E-state index in [1.807, 2.05) is 42.3 Å². The summed E-state index contributed by atoms with van der Waals surface area (Å²) in [6, 6.07) is 9.55. The van der Waals surface area contributed by atoms with Gasteiger partial charge < -0.3 is 21.4 Å². The van der Waals surface area contributed by atoms with Gasteiger partial charge in [0, 0.05) is 54.4 Å². The van der Waals surface area contributed by atoms with E-state index in [4.69, 9.17) is 11.1 Å². The van der Waals surface area contributed by atoms with E-state index in [2.05, 4.69) is 25.5 Å². The Balaban J connectivity index is 1.50. The molecule has 144 valence electrons. The Morgan fingerprint density at radius 2 is 2.14 bits per heavy atom. The summed E-state index contributed by atoms with van der Waals surface area (Å²) in [4.78, 5) is 10.9. The van der Waals surface area contributed by atoms with Crippen LogP contribution >= 0.6 is 0 Å². The number of nitrogen functional groups attached to an aromatic ring is 1. The molecular weight excluding hydrogens is 352 g/mol. The molecule has 1 aliphatic carbocycles. The fraction of sp³-hybridized carbons (Fsp3) is 0.300. The molecular formula is C20H24N8. The highest BCUT2D eigenvalue weighted by Crippen LogP contribution is 2.39. The van der Waals surface area contributed by atoms with Crippen molar-refractivity contribution in [2.24, 2.45) is 0 Å². The van der Waals surface area contributed by atoms with Crippen LogP contribution < -0.4 is 16.0 Å². The number of nitrogens with zero attached hydrogens (tertiary/aromatic N) is 4. The largest absolute Gasteiger partial charge is 0.398 e. The predicted octanol–water partition coefficient (Wildman–Crippen LogP) is 3.43. The monoisotopic (exact) mass is 376 g/mol. The lowest BCUT2D eigenvalue weighted by Gasteiger charge is -2.20. The van der Waals surface area contributed by atoms with Crippen LogP contribution in [-0.2, 0) is 6.54 Å². The Hall–Kier alpha value is -3.42. The molecule has 1 aromatic carbocycles. The number of benzene rings is 1. The summed E-state index contributed by atoms with van der Waals surface area (Å²) < 4.78 is 0. The number of hydrogen-bond donors (Lipinski definition) is 4. The first kappa shape index (κ1) is 18.0. The number of hydrogen-bond acceptors (Lipinski definition) is 7. The van der Waals surface area contributed by atoms with Gasteiger partial charge in [0.1, 0.15) is 5.82 Å². The molecule has 5 N–H and O–H groups in total. The first-order valence-electron chi connectivity index (χ1n) is 9.30. The lowest BCUT2D eigenvalue weighted by Crippen LogP contribution is -2.21. The summed E-state index contributed by atoms with van der Waals surface area (Å²) in [5.74, 6) is 2.65. The molecule has 1 saturated carbocycles. The minimum atomic E-state index is 0.447. The Labute approximate surface area is 163 Å². The van der Waals surface area contributed by atoms with Crippen LogP contribution in [0.4, 0.5) is 23.3 Å². The van der Waals surface area contributed by atoms with Crippen LogP contribution in [0, 0.1) is 5.41 Å². The molecule has 0 aliphatic heterocycles. The standard InChI is InChI=1S/C20H24N8/c1-12(21)19-14(4-3-5-15(19)22)11-28(2)20-23-9-8-17(25-20)24-18-10-16(26-27-18)13-6-7-13/h3-5,8-10,13,21H,6-7,11,22H2,1-2H3,(H2,23,24,25,26,27). The van der Waals surface area contributed by atoms with Gasteiger partial charge >= 0.3 is 0 Å². The summed E-state index contributed by atoms with van der Waals surface area (Å²) in [5.41, 5.74) is 10.0. The Morgan fingerprint density at radius 3 is 2.89 bits per heavy atom. The molecule has 0 spiro atoms. The summed E-state index contributed by atoms with van der Waals surface area (Å²) in [7, 11) is 1.92. The van der Waals surface area contributed by atoms with Gasteiger partial charge in [-0.25, -0.2) is 4.98 Å². The van der Waals surface area contributed by atoms with Gasteiger partial charge in [-0.3, -0.25) is 5.10 Å². The zero-order valence-electron chi connectivity index (χ0n) is 16.0. The molecule has 2 heterocycles. The summed E-state index contributed by atoms with van der Waals surface area (Å²) >= 11 is 0. The molecule has 0 saturated heterocycles. The van der Waals surface area contributed by atoms with Gasteiger partial charge in [-0.2, -0.15) is 10.1 Å². The van der Waals surface area contributed by atoms with Crippen molar-refractivity contribution in [1.82, 2.24) is 20.2 Å². The number of aromatic nitrogens is 4. The van der Waals surface area contributed by atoms with Crippen LogP contribution in [0.25, 0.3) is 0 Å². The lowest BCUT2D eigenvalue weighted by molar-refractivity contribution is 0.866. The van der Waals surface area contributed by atoms with Crippen LogP contribution in [-0.4, -0.2) is 32.9 Å². The van der Waals surface area contributed by atoms with Gasteiger partial charge in [0.15, 0.2) is 5.82 Å². The maximum absolute atomic E-state index is 8.01. The Kier molecular flexibility index (Phi) is 4.68. The second-order valence-corrected chi connectivity index (χ2v) is 7.21. The average molecular weight is 376 g/mol. The van der Waals surface area contributed by atoms with E-state index in [9.17, 15) is 0 Å². The molecule has 3 aromatic rings. The highest BCUT2D eigenvalue weighted by atomic mass is 15.3. The zero-order valence-corrected chi connectivity index (χ0v) is 16.0. The van der Waals surface area contributed by atoms with Crippen LogP contribution in [0.2, 0.25) is 0 Å². The summed E-state index contributed by atoms with van der Waals surface area (Å²) in [6.07, 6.45) is 4.17.